The first kappa shape index (κ1) is 89.9. The fourth-order valence-corrected chi connectivity index (χ4v) is 13.3. The van der Waals surface area contributed by atoms with E-state index in [2.05, 4.69) is 43.5 Å². The normalized spacial score (nSPS) is 17.5. The molecule has 1 aliphatic rings. The first-order valence-corrected chi connectivity index (χ1v) is 41.3. The Morgan fingerprint density at radius 3 is 1.02 bits per heavy atom. The number of hydrogen-bond donors (Lipinski definition) is 6. The summed E-state index contributed by atoms with van der Waals surface area (Å²) in [7, 11) is 0. The monoisotopic (exact) mass is 1330 g/mol. The Hall–Kier alpha value is -2.12. The molecule has 0 radical (unpaired) electrons. The van der Waals surface area contributed by atoms with Crippen molar-refractivity contribution in [1.29, 1.82) is 0 Å². The van der Waals surface area contributed by atoms with Crippen molar-refractivity contribution in [1.82, 2.24) is 5.32 Å². The number of aliphatic hydroxyl groups excluding tert-OH is 5. The molecule has 11 heteroatoms. The summed E-state index contributed by atoms with van der Waals surface area (Å²) in [6, 6.07) is -0.806. The fraction of sp³-hybridized carbons (Fsp3) is 0.904. The van der Waals surface area contributed by atoms with Crippen LogP contribution < -0.4 is 5.32 Å². The summed E-state index contributed by atoms with van der Waals surface area (Å²) in [5, 5.41) is 54.4. The Kier molecular flexibility index (Phi) is 69.0. The van der Waals surface area contributed by atoms with E-state index in [-0.39, 0.29) is 18.5 Å². The third-order valence-corrected chi connectivity index (χ3v) is 19.7. The zero-order valence-electron chi connectivity index (χ0n) is 62.0. The predicted octanol–water partition coefficient (Wildman–Crippen LogP) is 22.5. The highest BCUT2D eigenvalue weighted by Crippen LogP contribution is 2.24. The molecule has 554 valence electrons. The minimum atomic E-state index is -1.57. The van der Waals surface area contributed by atoms with Gasteiger partial charge >= 0.3 is 5.97 Å². The van der Waals surface area contributed by atoms with Crippen LogP contribution in [0.5, 0.6) is 0 Å². The number of carbonyl (C=O) groups excluding carboxylic acids is 2. The van der Waals surface area contributed by atoms with Crippen molar-refractivity contribution in [2.45, 2.75) is 461 Å². The van der Waals surface area contributed by atoms with Crippen LogP contribution in [-0.2, 0) is 23.8 Å². The van der Waals surface area contributed by atoms with Crippen molar-refractivity contribution in [3.63, 3.8) is 0 Å². The Labute approximate surface area is 581 Å². The van der Waals surface area contributed by atoms with Gasteiger partial charge in [-0.15, -0.1) is 0 Å². The van der Waals surface area contributed by atoms with E-state index in [1.807, 2.05) is 6.08 Å². The van der Waals surface area contributed by atoms with Gasteiger partial charge in [0.05, 0.1) is 32.0 Å². The number of amides is 1. The number of nitrogens with one attached hydrogen (secondary N) is 1. The maximum atomic E-state index is 13.0. The lowest BCUT2D eigenvalue weighted by Gasteiger charge is -2.40. The number of rotatable bonds is 74. The highest BCUT2D eigenvalue weighted by Gasteiger charge is 2.44. The Balaban J connectivity index is 1.85. The molecule has 0 spiro atoms. The molecule has 1 fully saturated rings. The summed E-state index contributed by atoms with van der Waals surface area (Å²) in [5.74, 6) is -0.163. The second-order valence-corrected chi connectivity index (χ2v) is 28.8. The standard InChI is InChI=1S/C83H157NO10/c1-3-5-7-9-11-13-15-16-17-41-45-48-51-55-59-63-67-71-79(88)92-72-68-64-60-56-52-49-46-43-40-38-36-34-32-30-28-26-24-22-20-18-19-21-23-25-27-29-31-33-35-37-39-42-44-47-50-54-58-62-66-70-78(87)84-75(74-93-83-82(91)81(90)80(89)77(73-85)94-83)76(86)69-65-61-57-53-14-12-10-8-6-4-2/h16-19,65,69,75-77,80-83,85-86,89-91H,3-15,20-64,66-68,70-74H2,1-2H3,(H,84,87)/b17-16-,19-18-,69-65+. The van der Waals surface area contributed by atoms with Gasteiger partial charge in [0.1, 0.15) is 24.4 Å². The molecule has 0 aromatic carbocycles. The molecule has 1 rings (SSSR count). The molecule has 1 aliphatic heterocycles. The lowest BCUT2D eigenvalue weighted by Crippen LogP contribution is -2.60. The van der Waals surface area contributed by atoms with Gasteiger partial charge in [0.2, 0.25) is 5.91 Å². The maximum Gasteiger partial charge on any atom is 0.305 e. The molecular weight excluding hydrogens is 1170 g/mol. The average molecular weight is 1330 g/mol. The van der Waals surface area contributed by atoms with Crippen LogP contribution in [0.4, 0.5) is 0 Å². The largest absolute Gasteiger partial charge is 0.466 e. The van der Waals surface area contributed by atoms with Gasteiger partial charge in [0, 0.05) is 12.8 Å². The molecule has 0 aromatic rings. The Morgan fingerprint density at radius 2 is 0.681 bits per heavy atom. The van der Waals surface area contributed by atoms with E-state index in [4.69, 9.17) is 14.2 Å². The number of hydrogen-bond acceptors (Lipinski definition) is 10. The lowest BCUT2D eigenvalue weighted by atomic mass is 9.99. The fourth-order valence-electron chi connectivity index (χ4n) is 13.3. The zero-order chi connectivity index (χ0) is 67.9. The summed E-state index contributed by atoms with van der Waals surface area (Å²) in [6.07, 6.45) is 84.9. The maximum absolute atomic E-state index is 13.0. The molecule has 7 atom stereocenters. The smallest absolute Gasteiger partial charge is 0.305 e. The third-order valence-electron chi connectivity index (χ3n) is 19.7. The Bertz CT molecular complexity index is 1660. The number of unbranched alkanes of at least 4 members (excludes halogenated alkanes) is 56. The van der Waals surface area contributed by atoms with Gasteiger partial charge in [-0.05, 0) is 83.5 Å². The molecule has 6 N–H and O–H groups in total. The van der Waals surface area contributed by atoms with Crippen LogP contribution in [0.25, 0.3) is 0 Å². The van der Waals surface area contributed by atoms with Crippen LogP contribution in [-0.4, -0.2) is 100 Å². The number of allylic oxidation sites excluding steroid dienone is 5. The van der Waals surface area contributed by atoms with Crippen molar-refractivity contribution < 1.29 is 49.3 Å². The zero-order valence-corrected chi connectivity index (χ0v) is 62.0. The average Bonchev–Trinajstić information content (AvgIpc) is 0.854. The summed E-state index contributed by atoms with van der Waals surface area (Å²) < 4.78 is 16.8. The van der Waals surface area contributed by atoms with Gasteiger partial charge in [-0.25, -0.2) is 0 Å². The van der Waals surface area contributed by atoms with Crippen LogP contribution in [0, 0.1) is 0 Å². The lowest BCUT2D eigenvalue weighted by molar-refractivity contribution is -0.302. The molecule has 7 unspecified atom stereocenters. The number of esters is 1. The molecule has 1 amide bonds. The Morgan fingerprint density at radius 1 is 0.383 bits per heavy atom. The highest BCUT2D eigenvalue weighted by atomic mass is 16.7. The molecule has 0 aliphatic carbocycles. The number of carbonyl (C=O) groups is 2. The predicted molar refractivity (Wildman–Crippen MR) is 398 cm³/mol. The highest BCUT2D eigenvalue weighted by molar-refractivity contribution is 5.76. The minimum absolute atomic E-state index is 0.0141. The van der Waals surface area contributed by atoms with E-state index >= 15 is 0 Å². The van der Waals surface area contributed by atoms with E-state index < -0.39 is 49.5 Å². The number of ether oxygens (including phenoxy) is 3. The quantitative estimate of drug-likeness (QED) is 0.0195. The van der Waals surface area contributed by atoms with Crippen LogP contribution in [0.1, 0.15) is 418 Å². The van der Waals surface area contributed by atoms with Gasteiger partial charge in [0.15, 0.2) is 6.29 Å². The van der Waals surface area contributed by atoms with Gasteiger partial charge in [-0.2, -0.15) is 0 Å². The van der Waals surface area contributed by atoms with Crippen molar-refractivity contribution in [3.05, 3.63) is 36.5 Å². The molecule has 0 bridgehead atoms. The van der Waals surface area contributed by atoms with E-state index in [0.717, 1.165) is 57.8 Å². The second kappa shape index (κ2) is 72.1. The van der Waals surface area contributed by atoms with E-state index in [1.165, 1.54) is 334 Å². The molecule has 1 saturated heterocycles. The van der Waals surface area contributed by atoms with E-state index in [0.29, 0.717) is 19.4 Å². The van der Waals surface area contributed by atoms with Crippen LogP contribution in [0.3, 0.4) is 0 Å². The second-order valence-electron chi connectivity index (χ2n) is 28.8. The molecular formula is C83H157NO10. The van der Waals surface area contributed by atoms with Crippen LogP contribution in [0.2, 0.25) is 0 Å². The van der Waals surface area contributed by atoms with Crippen LogP contribution >= 0.6 is 0 Å². The van der Waals surface area contributed by atoms with Gasteiger partial charge in [-0.3, -0.25) is 9.59 Å². The summed E-state index contributed by atoms with van der Waals surface area (Å²) in [5.41, 5.74) is 0. The van der Waals surface area contributed by atoms with Crippen molar-refractivity contribution >= 4 is 11.9 Å². The topological polar surface area (TPSA) is 175 Å². The summed E-state index contributed by atoms with van der Waals surface area (Å²) in [4.78, 5) is 25.2. The first-order chi connectivity index (χ1) is 46.2. The third kappa shape index (κ3) is 59.9. The molecule has 0 saturated carbocycles. The van der Waals surface area contributed by atoms with Crippen molar-refractivity contribution in [2.24, 2.45) is 0 Å². The summed E-state index contributed by atoms with van der Waals surface area (Å²) >= 11 is 0. The molecule has 0 aromatic heterocycles. The van der Waals surface area contributed by atoms with E-state index in [9.17, 15) is 35.1 Å². The minimum Gasteiger partial charge on any atom is -0.466 e. The van der Waals surface area contributed by atoms with Gasteiger partial charge < -0.3 is 45.1 Å². The van der Waals surface area contributed by atoms with E-state index in [1.54, 1.807) is 6.08 Å². The van der Waals surface area contributed by atoms with Gasteiger partial charge in [-0.1, -0.05) is 359 Å². The molecule has 94 heavy (non-hydrogen) atoms. The van der Waals surface area contributed by atoms with Crippen molar-refractivity contribution in [3.8, 4) is 0 Å². The van der Waals surface area contributed by atoms with Crippen molar-refractivity contribution in [2.75, 3.05) is 19.8 Å². The SMILES string of the molecule is CCCCCCCC/C=C\CCCCCCCCCC(=O)OCCCCCCCCCCCCCCCCCCCC/C=C\CCCCCCCCCCCCCCCCCCCC(=O)NC(COC1OC(CO)C(O)C(O)C1O)C(O)/C=C/CCCCCCCCCC. The number of aliphatic hydroxyl groups is 5. The molecule has 1 heterocycles. The van der Waals surface area contributed by atoms with Crippen LogP contribution in [0.15, 0.2) is 36.5 Å². The van der Waals surface area contributed by atoms with Gasteiger partial charge in [0.25, 0.3) is 0 Å². The first-order valence-electron chi connectivity index (χ1n) is 41.3. The summed E-state index contributed by atoms with van der Waals surface area (Å²) in [6.45, 7) is 4.37. The molecule has 11 nitrogen and oxygen atoms in total.